The number of hydrogen-bond donors (Lipinski definition) is 2. The topological polar surface area (TPSA) is 126 Å². The van der Waals surface area contributed by atoms with Crippen LogP contribution in [0.3, 0.4) is 0 Å². The highest BCUT2D eigenvalue weighted by atomic mass is 16.5. The highest BCUT2D eigenvalue weighted by molar-refractivity contribution is 6.27. The van der Waals surface area contributed by atoms with Crippen LogP contribution in [0.5, 0.6) is 17.2 Å². The maximum absolute atomic E-state index is 12.9. The van der Waals surface area contributed by atoms with Gasteiger partial charge in [0.05, 0.1) is 21.3 Å². The van der Waals surface area contributed by atoms with Gasteiger partial charge in [-0.2, -0.15) is 0 Å². The molecule has 1 heterocycles. The summed E-state index contributed by atoms with van der Waals surface area (Å²) in [7, 11) is 4.85. The van der Waals surface area contributed by atoms with Crippen molar-refractivity contribution >= 4 is 17.8 Å². The van der Waals surface area contributed by atoms with E-state index in [0.29, 0.717) is 30.2 Å². The molecule has 1 fully saturated rings. The van der Waals surface area contributed by atoms with Gasteiger partial charge in [-0.1, -0.05) is 12.1 Å². The number of amides is 1. The van der Waals surface area contributed by atoms with Crippen LogP contribution in [0.2, 0.25) is 0 Å². The zero-order valence-corrected chi connectivity index (χ0v) is 18.8. The molecule has 178 valence electrons. The molecule has 1 amide bonds. The van der Waals surface area contributed by atoms with Crippen LogP contribution in [0, 0.1) is 0 Å². The van der Waals surface area contributed by atoms with E-state index in [4.69, 9.17) is 34.0 Å². The number of aliphatic carboxylic acids is 2. The summed E-state index contributed by atoms with van der Waals surface area (Å²) in [6.45, 7) is 3.92. The van der Waals surface area contributed by atoms with Crippen molar-refractivity contribution in [1.82, 2.24) is 9.80 Å². The van der Waals surface area contributed by atoms with Gasteiger partial charge in [0.1, 0.15) is 17.2 Å². The minimum Gasteiger partial charge on any atom is -0.497 e. The Morgan fingerprint density at radius 3 is 1.82 bits per heavy atom. The second kappa shape index (κ2) is 12.3. The third-order valence-electron chi connectivity index (χ3n) is 4.98. The van der Waals surface area contributed by atoms with Gasteiger partial charge in [0.25, 0.3) is 5.91 Å². The molecule has 1 aliphatic rings. The van der Waals surface area contributed by atoms with Gasteiger partial charge in [0.2, 0.25) is 0 Å². The minimum atomic E-state index is -1.82. The highest BCUT2D eigenvalue weighted by Gasteiger charge is 2.23. The SMILES string of the molecule is COc1cccc(CN2CCN(C(=O)c3cc(OC)cc(OC)c3)CC2)c1.O=C(O)C(=O)O. The lowest BCUT2D eigenvalue weighted by molar-refractivity contribution is -0.159. The van der Waals surface area contributed by atoms with E-state index in [0.717, 1.165) is 25.4 Å². The Labute approximate surface area is 191 Å². The minimum absolute atomic E-state index is 0.00762. The van der Waals surface area contributed by atoms with Crippen molar-refractivity contribution in [2.45, 2.75) is 6.54 Å². The molecule has 1 saturated heterocycles. The van der Waals surface area contributed by atoms with E-state index in [1.165, 1.54) is 5.56 Å². The molecule has 1 aliphatic heterocycles. The Morgan fingerprint density at radius 1 is 0.788 bits per heavy atom. The number of rotatable bonds is 6. The lowest BCUT2D eigenvalue weighted by atomic mass is 10.1. The number of nitrogens with zero attached hydrogens (tertiary/aromatic N) is 2. The standard InChI is InChI=1S/C21H26N2O4.C2H2O4/c1-25-18-6-4-5-16(11-18)15-22-7-9-23(10-8-22)21(24)17-12-19(26-2)14-20(13-17)27-3;3-1(4)2(5)6/h4-6,11-14H,7-10,15H2,1-3H3;(H,3,4)(H,5,6). The van der Waals surface area contributed by atoms with E-state index in [-0.39, 0.29) is 5.91 Å². The number of benzene rings is 2. The van der Waals surface area contributed by atoms with Crippen LogP contribution in [0.25, 0.3) is 0 Å². The van der Waals surface area contributed by atoms with Gasteiger partial charge in [0.15, 0.2) is 0 Å². The van der Waals surface area contributed by atoms with Crippen molar-refractivity contribution in [2.75, 3.05) is 47.5 Å². The fourth-order valence-corrected chi connectivity index (χ4v) is 3.25. The van der Waals surface area contributed by atoms with Crippen molar-refractivity contribution in [2.24, 2.45) is 0 Å². The van der Waals surface area contributed by atoms with Crippen LogP contribution in [-0.2, 0) is 16.1 Å². The molecule has 3 rings (SSSR count). The van der Waals surface area contributed by atoms with Crippen molar-refractivity contribution in [1.29, 1.82) is 0 Å². The molecular formula is C23H28N2O8. The molecule has 10 heteroatoms. The van der Waals surface area contributed by atoms with Gasteiger partial charge in [-0.05, 0) is 29.8 Å². The summed E-state index contributed by atoms with van der Waals surface area (Å²) in [5, 5.41) is 14.8. The smallest absolute Gasteiger partial charge is 0.414 e. The van der Waals surface area contributed by atoms with E-state index < -0.39 is 11.9 Å². The summed E-state index contributed by atoms with van der Waals surface area (Å²) >= 11 is 0. The predicted molar refractivity (Wildman–Crippen MR) is 119 cm³/mol. The average molecular weight is 460 g/mol. The quantitative estimate of drug-likeness (QED) is 0.621. The van der Waals surface area contributed by atoms with E-state index in [1.807, 2.05) is 17.0 Å². The van der Waals surface area contributed by atoms with Crippen LogP contribution in [-0.4, -0.2) is 85.4 Å². The molecule has 0 bridgehead atoms. The number of ether oxygens (including phenoxy) is 3. The molecule has 2 aromatic rings. The number of carboxylic acid groups (broad SMARTS) is 2. The van der Waals surface area contributed by atoms with Gasteiger partial charge in [0, 0.05) is 44.4 Å². The van der Waals surface area contributed by atoms with Gasteiger partial charge in [-0.15, -0.1) is 0 Å². The number of methoxy groups -OCH3 is 3. The second-order valence-electron chi connectivity index (χ2n) is 7.13. The van der Waals surface area contributed by atoms with Crippen molar-refractivity contribution in [3.05, 3.63) is 53.6 Å². The third kappa shape index (κ3) is 7.69. The van der Waals surface area contributed by atoms with E-state index >= 15 is 0 Å². The number of piperazine rings is 1. The van der Waals surface area contributed by atoms with E-state index in [1.54, 1.807) is 39.5 Å². The monoisotopic (exact) mass is 460 g/mol. The zero-order valence-electron chi connectivity index (χ0n) is 18.8. The molecule has 0 atom stereocenters. The van der Waals surface area contributed by atoms with Crippen molar-refractivity contribution in [3.63, 3.8) is 0 Å². The molecule has 0 unspecified atom stereocenters. The normalized spacial score (nSPS) is 13.4. The first-order valence-corrected chi connectivity index (χ1v) is 10.1. The Hall–Kier alpha value is -3.79. The van der Waals surface area contributed by atoms with Gasteiger partial charge < -0.3 is 29.3 Å². The van der Waals surface area contributed by atoms with E-state index in [2.05, 4.69) is 17.0 Å². The molecule has 2 aromatic carbocycles. The Kier molecular flexibility index (Phi) is 9.49. The highest BCUT2D eigenvalue weighted by Crippen LogP contribution is 2.24. The van der Waals surface area contributed by atoms with Gasteiger partial charge >= 0.3 is 11.9 Å². The number of carbonyl (C=O) groups excluding carboxylic acids is 1. The van der Waals surface area contributed by atoms with Crippen LogP contribution in [0.1, 0.15) is 15.9 Å². The van der Waals surface area contributed by atoms with Crippen LogP contribution >= 0.6 is 0 Å². The van der Waals surface area contributed by atoms with Gasteiger partial charge in [-0.3, -0.25) is 9.69 Å². The second-order valence-corrected chi connectivity index (χ2v) is 7.13. The Bertz CT molecular complexity index is 936. The molecule has 0 saturated carbocycles. The van der Waals surface area contributed by atoms with Crippen molar-refractivity contribution in [3.8, 4) is 17.2 Å². The maximum Gasteiger partial charge on any atom is 0.414 e. The molecule has 0 radical (unpaired) electrons. The van der Waals surface area contributed by atoms with Crippen molar-refractivity contribution < 1.29 is 38.8 Å². The predicted octanol–water partition coefficient (Wildman–Crippen LogP) is 1.83. The number of hydrogen-bond acceptors (Lipinski definition) is 7. The van der Waals surface area contributed by atoms with Gasteiger partial charge in [-0.25, -0.2) is 9.59 Å². The Balaban J connectivity index is 0.000000569. The first-order valence-electron chi connectivity index (χ1n) is 10.1. The number of carboxylic acids is 2. The summed E-state index contributed by atoms with van der Waals surface area (Å²) in [5.41, 5.74) is 1.80. The van der Waals surface area contributed by atoms with Crippen LogP contribution in [0.4, 0.5) is 0 Å². The summed E-state index contributed by atoms with van der Waals surface area (Å²) < 4.78 is 15.8. The summed E-state index contributed by atoms with van der Waals surface area (Å²) in [4.78, 5) is 35.3. The third-order valence-corrected chi connectivity index (χ3v) is 4.98. The average Bonchev–Trinajstić information content (AvgIpc) is 2.84. The fourth-order valence-electron chi connectivity index (χ4n) is 3.25. The molecule has 33 heavy (non-hydrogen) atoms. The first-order chi connectivity index (χ1) is 15.8. The molecule has 10 nitrogen and oxygen atoms in total. The Morgan fingerprint density at radius 2 is 1.33 bits per heavy atom. The largest absolute Gasteiger partial charge is 0.497 e. The molecule has 0 aromatic heterocycles. The zero-order chi connectivity index (χ0) is 24.4. The first kappa shape index (κ1) is 25.5. The molecule has 0 aliphatic carbocycles. The summed E-state index contributed by atoms with van der Waals surface area (Å²) in [6, 6.07) is 13.4. The molecule has 2 N–H and O–H groups in total. The molecule has 0 spiro atoms. The summed E-state index contributed by atoms with van der Waals surface area (Å²) in [6.07, 6.45) is 0. The fraction of sp³-hybridized carbons (Fsp3) is 0.348. The lowest BCUT2D eigenvalue weighted by Crippen LogP contribution is -2.48. The van der Waals surface area contributed by atoms with Crippen LogP contribution in [0.15, 0.2) is 42.5 Å². The lowest BCUT2D eigenvalue weighted by Gasteiger charge is -2.35. The van der Waals surface area contributed by atoms with Crippen LogP contribution < -0.4 is 14.2 Å². The summed E-state index contributed by atoms with van der Waals surface area (Å²) in [5.74, 6) is -1.53. The maximum atomic E-state index is 12.9. The molecular weight excluding hydrogens is 432 g/mol. The van der Waals surface area contributed by atoms with E-state index in [9.17, 15) is 4.79 Å². The number of carbonyl (C=O) groups is 3.